The summed E-state index contributed by atoms with van der Waals surface area (Å²) in [4.78, 5) is 2.21. The Hall–Kier alpha value is -2.56. The lowest BCUT2D eigenvalue weighted by Crippen LogP contribution is -2.23. The Morgan fingerprint density at radius 2 is 1.96 bits per heavy atom. The van der Waals surface area contributed by atoms with Crippen molar-refractivity contribution in [3.05, 3.63) is 42.0 Å². The van der Waals surface area contributed by atoms with E-state index in [1.54, 1.807) is 7.11 Å². The third-order valence-electron chi connectivity index (χ3n) is 4.00. The molecule has 0 unspecified atom stereocenters. The van der Waals surface area contributed by atoms with Crippen LogP contribution in [0.15, 0.2) is 36.4 Å². The molecule has 0 saturated carbocycles. The molecule has 0 atom stereocenters. The molecule has 0 spiro atoms. The van der Waals surface area contributed by atoms with Crippen LogP contribution >= 0.6 is 0 Å². The monoisotopic (exact) mass is 315 g/mol. The van der Waals surface area contributed by atoms with Gasteiger partial charge in [0, 0.05) is 18.7 Å². The van der Waals surface area contributed by atoms with Crippen LogP contribution in [0.25, 0.3) is 0 Å². The van der Waals surface area contributed by atoms with Crippen molar-refractivity contribution in [3.8, 4) is 23.0 Å². The summed E-state index contributed by atoms with van der Waals surface area (Å²) in [5, 5.41) is 10.5. The van der Waals surface area contributed by atoms with Crippen molar-refractivity contribution in [2.45, 2.75) is 13.0 Å². The molecule has 2 aromatic rings. The van der Waals surface area contributed by atoms with Crippen LogP contribution in [0.5, 0.6) is 23.0 Å². The van der Waals surface area contributed by atoms with Gasteiger partial charge in [0.15, 0.2) is 11.5 Å². The highest BCUT2D eigenvalue weighted by Gasteiger charge is 2.20. The second kappa shape index (κ2) is 6.69. The maximum Gasteiger partial charge on any atom is 0.203 e. The summed E-state index contributed by atoms with van der Waals surface area (Å²) in [5.41, 5.74) is 1.83. The number of ether oxygens (including phenoxy) is 3. The molecule has 23 heavy (non-hydrogen) atoms. The number of aromatic hydroxyl groups is 1. The van der Waals surface area contributed by atoms with E-state index in [2.05, 4.69) is 4.90 Å². The van der Waals surface area contributed by atoms with E-state index in [9.17, 15) is 5.11 Å². The quantitative estimate of drug-likeness (QED) is 0.939. The van der Waals surface area contributed by atoms with Gasteiger partial charge in [-0.05, 0) is 30.7 Å². The summed E-state index contributed by atoms with van der Waals surface area (Å²) >= 11 is 0. The molecule has 0 bridgehead atoms. The van der Waals surface area contributed by atoms with Gasteiger partial charge in [-0.15, -0.1) is 0 Å². The number of nitrogens with zero attached hydrogens (tertiary/aromatic N) is 1. The molecule has 0 amide bonds. The van der Waals surface area contributed by atoms with Crippen LogP contribution in [0.4, 0.5) is 5.69 Å². The van der Waals surface area contributed by atoms with E-state index in [1.165, 1.54) is 7.11 Å². The van der Waals surface area contributed by atoms with E-state index < -0.39 is 0 Å². The molecule has 0 saturated heterocycles. The maximum absolute atomic E-state index is 10.5. The van der Waals surface area contributed by atoms with Crippen molar-refractivity contribution in [2.75, 3.05) is 32.3 Å². The van der Waals surface area contributed by atoms with Crippen molar-refractivity contribution >= 4 is 5.69 Å². The van der Waals surface area contributed by atoms with Gasteiger partial charge in [0.2, 0.25) is 5.75 Å². The highest BCUT2D eigenvalue weighted by atomic mass is 16.5. The fraction of sp³-hybridized carbons (Fsp3) is 0.333. The number of fused-ring (bicyclic) bond motifs is 1. The Morgan fingerprint density at radius 1 is 1.13 bits per heavy atom. The summed E-state index contributed by atoms with van der Waals surface area (Å²) < 4.78 is 16.3. The number of para-hydroxylation sites is 2. The van der Waals surface area contributed by atoms with Gasteiger partial charge in [-0.3, -0.25) is 0 Å². The smallest absolute Gasteiger partial charge is 0.203 e. The van der Waals surface area contributed by atoms with Crippen LogP contribution in [-0.2, 0) is 6.54 Å². The molecule has 0 fully saturated rings. The molecule has 0 aliphatic carbocycles. The zero-order chi connectivity index (χ0) is 16.2. The van der Waals surface area contributed by atoms with Gasteiger partial charge in [0.1, 0.15) is 5.75 Å². The minimum atomic E-state index is 0.120. The average Bonchev–Trinajstić information content (AvgIpc) is 2.79. The fourth-order valence-electron chi connectivity index (χ4n) is 2.85. The van der Waals surface area contributed by atoms with Gasteiger partial charge in [-0.2, -0.15) is 0 Å². The lowest BCUT2D eigenvalue weighted by Gasteiger charge is -2.24. The first-order valence-electron chi connectivity index (χ1n) is 7.64. The highest BCUT2D eigenvalue weighted by molar-refractivity contribution is 5.61. The summed E-state index contributed by atoms with van der Waals surface area (Å²) in [6, 6.07) is 11.7. The van der Waals surface area contributed by atoms with E-state index in [1.807, 2.05) is 36.4 Å². The number of anilines is 1. The standard InChI is InChI=1S/C18H21NO4/c1-21-16-9-8-13(17(20)18(16)22-2)12-19-10-5-11-23-15-7-4-3-6-14(15)19/h3-4,6-9,20H,5,10-12H2,1-2H3. The van der Waals surface area contributed by atoms with Crippen LogP contribution < -0.4 is 19.1 Å². The molecule has 2 aromatic carbocycles. The number of hydrogen-bond acceptors (Lipinski definition) is 5. The van der Waals surface area contributed by atoms with Crippen molar-refractivity contribution in [2.24, 2.45) is 0 Å². The SMILES string of the molecule is COc1ccc(CN2CCCOc3ccccc32)c(O)c1OC. The number of phenolic OH excluding ortho intramolecular Hbond substituents is 1. The minimum Gasteiger partial charge on any atom is -0.504 e. The van der Waals surface area contributed by atoms with E-state index >= 15 is 0 Å². The van der Waals surface area contributed by atoms with Crippen LogP contribution in [0.3, 0.4) is 0 Å². The first-order chi connectivity index (χ1) is 11.2. The minimum absolute atomic E-state index is 0.120. The van der Waals surface area contributed by atoms with E-state index in [-0.39, 0.29) is 5.75 Å². The summed E-state index contributed by atoms with van der Waals surface area (Å²) in [6.45, 7) is 2.14. The molecule has 0 aromatic heterocycles. The summed E-state index contributed by atoms with van der Waals surface area (Å²) in [7, 11) is 3.08. The largest absolute Gasteiger partial charge is 0.504 e. The lowest BCUT2D eigenvalue weighted by atomic mass is 10.1. The number of phenols is 1. The molecular formula is C18H21NO4. The zero-order valence-corrected chi connectivity index (χ0v) is 13.4. The molecule has 1 N–H and O–H groups in total. The van der Waals surface area contributed by atoms with Crippen molar-refractivity contribution in [3.63, 3.8) is 0 Å². The number of methoxy groups -OCH3 is 2. The Bertz CT molecular complexity index is 687. The normalized spacial score (nSPS) is 13.7. The fourth-order valence-corrected chi connectivity index (χ4v) is 2.85. The van der Waals surface area contributed by atoms with Gasteiger partial charge in [-0.1, -0.05) is 12.1 Å². The average molecular weight is 315 g/mol. The van der Waals surface area contributed by atoms with E-state index in [0.717, 1.165) is 30.0 Å². The van der Waals surface area contributed by atoms with Crippen LogP contribution in [0.1, 0.15) is 12.0 Å². The van der Waals surface area contributed by atoms with E-state index in [0.29, 0.717) is 24.7 Å². The molecule has 0 radical (unpaired) electrons. The van der Waals surface area contributed by atoms with Gasteiger partial charge < -0.3 is 24.2 Å². The van der Waals surface area contributed by atoms with Crippen LogP contribution in [-0.4, -0.2) is 32.5 Å². The molecule has 5 heteroatoms. The van der Waals surface area contributed by atoms with Gasteiger partial charge in [-0.25, -0.2) is 0 Å². The second-order valence-corrected chi connectivity index (χ2v) is 5.40. The third-order valence-corrected chi connectivity index (χ3v) is 4.00. The van der Waals surface area contributed by atoms with Crippen LogP contribution in [0, 0.1) is 0 Å². The molecule has 1 aliphatic heterocycles. The Balaban J connectivity index is 1.93. The topological polar surface area (TPSA) is 51.2 Å². The Kier molecular flexibility index (Phi) is 4.46. The Labute approximate surface area is 136 Å². The molecular weight excluding hydrogens is 294 g/mol. The van der Waals surface area contributed by atoms with Crippen molar-refractivity contribution in [1.29, 1.82) is 0 Å². The summed E-state index contributed by atoms with van der Waals surface area (Å²) in [6.07, 6.45) is 0.933. The first-order valence-corrected chi connectivity index (χ1v) is 7.64. The molecule has 3 rings (SSSR count). The van der Waals surface area contributed by atoms with Gasteiger partial charge in [0.05, 0.1) is 26.5 Å². The lowest BCUT2D eigenvalue weighted by molar-refractivity contribution is 0.322. The molecule has 1 heterocycles. The highest BCUT2D eigenvalue weighted by Crippen LogP contribution is 2.40. The third kappa shape index (κ3) is 2.99. The molecule has 1 aliphatic rings. The van der Waals surface area contributed by atoms with Crippen molar-refractivity contribution in [1.82, 2.24) is 0 Å². The molecule has 5 nitrogen and oxygen atoms in total. The molecule has 122 valence electrons. The van der Waals surface area contributed by atoms with Crippen molar-refractivity contribution < 1.29 is 19.3 Å². The number of benzene rings is 2. The zero-order valence-electron chi connectivity index (χ0n) is 13.4. The van der Waals surface area contributed by atoms with E-state index in [4.69, 9.17) is 14.2 Å². The number of hydrogen-bond donors (Lipinski definition) is 1. The van der Waals surface area contributed by atoms with Gasteiger partial charge in [0.25, 0.3) is 0 Å². The van der Waals surface area contributed by atoms with Gasteiger partial charge >= 0.3 is 0 Å². The number of rotatable bonds is 4. The van der Waals surface area contributed by atoms with Crippen LogP contribution in [0.2, 0.25) is 0 Å². The Morgan fingerprint density at radius 3 is 2.74 bits per heavy atom. The predicted octanol–water partition coefficient (Wildman–Crippen LogP) is 3.20. The summed E-state index contributed by atoms with van der Waals surface area (Å²) in [5.74, 6) is 1.89. The first kappa shape index (κ1) is 15.3. The second-order valence-electron chi connectivity index (χ2n) is 5.40. The predicted molar refractivity (Wildman–Crippen MR) is 88.8 cm³/mol. The maximum atomic E-state index is 10.5.